The molecule has 3 N–H and O–H groups in total. The van der Waals surface area contributed by atoms with Crippen LogP contribution in [0.1, 0.15) is 44.5 Å². The molecule has 1 atom stereocenters. The van der Waals surface area contributed by atoms with Gasteiger partial charge < -0.3 is 15.2 Å². The van der Waals surface area contributed by atoms with E-state index in [4.69, 9.17) is 15.3 Å². The zero-order chi connectivity index (χ0) is 21.8. The number of hydrogen-bond donors (Lipinski definition) is 3. The van der Waals surface area contributed by atoms with Crippen LogP contribution in [-0.4, -0.2) is 39.2 Å². The quantitative estimate of drug-likeness (QED) is 0.464. The van der Waals surface area contributed by atoms with Gasteiger partial charge >= 0.3 is 11.9 Å². The molecule has 0 saturated heterocycles. The normalized spacial score (nSPS) is 12.1. The van der Waals surface area contributed by atoms with Crippen LogP contribution in [0.25, 0.3) is 11.3 Å². The second-order valence-corrected chi connectivity index (χ2v) is 8.14. The van der Waals surface area contributed by atoms with Crippen LogP contribution in [-0.2, 0) is 14.3 Å². The summed E-state index contributed by atoms with van der Waals surface area (Å²) in [4.78, 5) is 39.9. The Morgan fingerprint density at radius 1 is 1.24 bits per heavy atom. The molecule has 1 aromatic heterocycles. The summed E-state index contributed by atoms with van der Waals surface area (Å²) >= 11 is 1.20. The van der Waals surface area contributed by atoms with Gasteiger partial charge in [-0.1, -0.05) is 19.1 Å². The minimum atomic E-state index is -1.01. The number of aromatic nitrogens is 1. The molecule has 1 amide bonds. The van der Waals surface area contributed by atoms with E-state index in [1.165, 1.54) is 23.5 Å². The minimum absolute atomic E-state index is 0.170. The molecule has 1 heterocycles. The van der Waals surface area contributed by atoms with Gasteiger partial charge in [-0.25, -0.2) is 14.6 Å². The van der Waals surface area contributed by atoms with E-state index < -0.39 is 35.1 Å². The van der Waals surface area contributed by atoms with Gasteiger partial charge in [-0.2, -0.15) is 0 Å². The Morgan fingerprint density at radius 2 is 1.86 bits per heavy atom. The summed E-state index contributed by atoms with van der Waals surface area (Å²) in [5.41, 5.74) is 0.307. The average Bonchev–Trinajstić information content (AvgIpc) is 3.09. The smallest absolute Gasteiger partial charge is 0.353 e. The second-order valence-electron chi connectivity index (χ2n) is 7.29. The molecule has 8 nitrogen and oxygen atoms in total. The first-order valence-electron chi connectivity index (χ1n) is 8.93. The Kier molecular flexibility index (Phi) is 6.86. The predicted molar refractivity (Wildman–Crippen MR) is 110 cm³/mol. The largest absolute Gasteiger partial charge is 0.478 e. The highest BCUT2D eigenvalue weighted by Crippen LogP contribution is 2.26. The number of nitrogens with one attached hydrogen (secondary N) is 2. The minimum Gasteiger partial charge on any atom is -0.478 e. The summed E-state index contributed by atoms with van der Waals surface area (Å²) in [6.07, 6.45) is 0.263. The molecule has 2 rings (SSSR count). The molecule has 0 saturated carbocycles. The van der Waals surface area contributed by atoms with E-state index in [1.807, 2.05) is 0 Å². The average molecular weight is 417 g/mol. The number of carbonyl (C=O) groups is 3. The van der Waals surface area contributed by atoms with Crippen LogP contribution in [0.2, 0.25) is 0 Å². The van der Waals surface area contributed by atoms with Crippen LogP contribution in [0.5, 0.6) is 0 Å². The molecule has 0 bridgehead atoms. The van der Waals surface area contributed by atoms with Crippen LogP contribution < -0.4 is 5.32 Å². The molecule has 0 aliphatic rings. The zero-order valence-electron chi connectivity index (χ0n) is 16.6. The molecule has 154 valence electrons. The first-order chi connectivity index (χ1) is 13.5. The van der Waals surface area contributed by atoms with Gasteiger partial charge in [-0.05, 0) is 39.3 Å². The number of thiazole rings is 1. The number of carbonyl (C=O) groups excluding carboxylic acids is 2. The van der Waals surface area contributed by atoms with Gasteiger partial charge in [0.2, 0.25) is 5.91 Å². The van der Waals surface area contributed by atoms with Gasteiger partial charge in [0.05, 0.1) is 17.2 Å². The molecule has 0 unspecified atom stereocenters. The third-order valence-corrected chi connectivity index (χ3v) is 4.61. The summed E-state index contributed by atoms with van der Waals surface area (Å²) in [5, 5.41) is 21.7. The molecule has 0 spiro atoms. The van der Waals surface area contributed by atoms with E-state index in [1.54, 1.807) is 45.2 Å². The van der Waals surface area contributed by atoms with Crippen molar-refractivity contribution in [3.63, 3.8) is 0 Å². The Bertz CT molecular complexity index is 928. The van der Waals surface area contributed by atoms with E-state index in [0.29, 0.717) is 16.4 Å². The highest BCUT2D eigenvalue weighted by Gasteiger charge is 2.30. The lowest BCUT2D eigenvalue weighted by molar-refractivity contribution is -0.147. The molecule has 29 heavy (non-hydrogen) atoms. The molecule has 0 radical (unpaired) electrons. The summed E-state index contributed by atoms with van der Waals surface area (Å²) in [6.45, 7) is 6.79. The third kappa shape index (κ3) is 5.95. The van der Waals surface area contributed by atoms with Gasteiger partial charge in [0, 0.05) is 10.9 Å². The Morgan fingerprint density at radius 3 is 2.38 bits per heavy atom. The van der Waals surface area contributed by atoms with E-state index >= 15 is 0 Å². The number of benzene rings is 1. The van der Waals surface area contributed by atoms with Gasteiger partial charge in [-0.15, -0.1) is 11.3 Å². The van der Waals surface area contributed by atoms with Crippen molar-refractivity contribution in [2.24, 2.45) is 5.92 Å². The number of esters is 1. The number of amides is 1. The van der Waals surface area contributed by atoms with Crippen molar-refractivity contribution < 1.29 is 24.2 Å². The number of anilines is 1. The van der Waals surface area contributed by atoms with Crippen LogP contribution in [0.15, 0.2) is 29.6 Å². The monoisotopic (exact) mass is 417 g/mol. The number of carboxylic acids is 1. The van der Waals surface area contributed by atoms with Crippen LogP contribution >= 0.6 is 11.3 Å². The lowest BCUT2D eigenvalue weighted by Crippen LogP contribution is -2.37. The Balaban J connectivity index is 2.09. The molecule has 9 heteroatoms. The number of ether oxygens (including phenoxy) is 1. The Hall–Kier alpha value is -3.07. The van der Waals surface area contributed by atoms with Gasteiger partial charge in [0.1, 0.15) is 11.3 Å². The fourth-order valence-corrected chi connectivity index (χ4v) is 3.16. The summed E-state index contributed by atoms with van der Waals surface area (Å²) < 4.78 is 5.17. The maximum absolute atomic E-state index is 12.6. The molecule has 0 aliphatic heterocycles. The molecule has 0 aliphatic carbocycles. The van der Waals surface area contributed by atoms with Gasteiger partial charge in [0.25, 0.3) is 0 Å². The van der Waals surface area contributed by atoms with Crippen molar-refractivity contribution in [1.29, 1.82) is 5.41 Å². The van der Waals surface area contributed by atoms with Crippen molar-refractivity contribution in [2.75, 3.05) is 5.32 Å². The molecular formula is C20H23N3O5S. The molecule has 0 fully saturated rings. The first-order valence-corrected chi connectivity index (χ1v) is 9.81. The lowest BCUT2D eigenvalue weighted by atomic mass is 9.99. The Labute approximate surface area is 172 Å². The van der Waals surface area contributed by atoms with E-state index in [-0.39, 0.29) is 12.0 Å². The number of nitrogens with zero attached hydrogens (tertiary/aromatic N) is 1. The molecule has 1 aromatic carbocycles. The zero-order valence-corrected chi connectivity index (χ0v) is 17.4. The van der Waals surface area contributed by atoms with E-state index in [9.17, 15) is 14.4 Å². The number of aromatic carboxylic acids is 1. The molecule has 2 aromatic rings. The van der Waals surface area contributed by atoms with Gasteiger partial charge in [-0.3, -0.25) is 10.2 Å². The first kappa shape index (κ1) is 22.2. The van der Waals surface area contributed by atoms with Crippen LogP contribution in [0.3, 0.4) is 0 Å². The third-order valence-electron chi connectivity index (χ3n) is 3.85. The van der Waals surface area contributed by atoms with Crippen molar-refractivity contribution >= 4 is 40.0 Å². The predicted octanol–water partition coefficient (Wildman–Crippen LogP) is 3.83. The maximum atomic E-state index is 12.6. The van der Waals surface area contributed by atoms with Crippen molar-refractivity contribution in [3.05, 3.63) is 35.2 Å². The van der Waals surface area contributed by atoms with Crippen LogP contribution in [0.4, 0.5) is 5.13 Å². The summed E-state index contributed by atoms with van der Waals surface area (Å²) in [7, 11) is 0. The van der Waals surface area contributed by atoms with Crippen molar-refractivity contribution in [3.8, 4) is 11.3 Å². The lowest BCUT2D eigenvalue weighted by Gasteiger charge is -2.21. The SMILES string of the molecule is CC[C@@H](C(=N)C(=O)OC(C)(C)C)C(=O)Nc1nc(-c2ccc(C(=O)O)cc2)cs1. The van der Waals surface area contributed by atoms with Crippen LogP contribution in [0, 0.1) is 11.3 Å². The number of hydrogen-bond acceptors (Lipinski definition) is 7. The molecular weight excluding hydrogens is 394 g/mol. The van der Waals surface area contributed by atoms with E-state index in [2.05, 4.69) is 10.3 Å². The van der Waals surface area contributed by atoms with Gasteiger partial charge in [0.15, 0.2) is 5.13 Å². The number of carboxylic acid groups (broad SMARTS) is 1. The van der Waals surface area contributed by atoms with Crippen molar-refractivity contribution in [2.45, 2.75) is 39.7 Å². The maximum Gasteiger partial charge on any atom is 0.353 e. The highest BCUT2D eigenvalue weighted by molar-refractivity contribution is 7.14. The van der Waals surface area contributed by atoms with E-state index in [0.717, 1.165) is 0 Å². The fourth-order valence-electron chi connectivity index (χ4n) is 2.44. The summed E-state index contributed by atoms with van der Waals surface area (Å²) in [6, 6.07) is 6.23. The van der Waals surface area contributed by atoms with Crippen molar-refractivity contribution in [1.82, 2.24) is 4.98 Å². The topological polar surface area (TPSA) is 129 Å². The number of rotatable bonds is 7. The fraction of sp³-hybridized carbons (Fsp3) is 0.350. The summed E-state index contributed by atoms with van der Waals surface area (Å²) in [5.74, 6) is -3.30. The highest BCUT2D eigenvalue weighted by atomic mass is 32.1. The standard InChI is InChI=1S/C20H23N3O5S/c1-5-13(15(21)18(27)28-20(2,3)4)16(24)23-19-22-14(10-29-19)11-6-8-12(9-7-11)17(25)26/h6-10,13,21H,5H2,1-4H3,(H,25,26)(H,22,23,24)/t13-/m0/s1. The second kappa shape index (κ2) is 8.95.